The van der Waals surface area contributed by atoms with Crippen molar-refractivity contribution in [2.24, 2.45) is 0 Å². The van der Waals surface area contributed by atoms with E-state index in [4.69, 9.17) is 0 Å². The van der Waals surface area contributed by atoms with Gasteiger partial charge in [-0.25, -0.2) is 13.6 Å². The van der Waals surface area contributed by atoms with E-state index in [2.05, 4.69) is 4.98 Å². The highest BCUT2D eigenvalue weighted by Crippen LogP contribution is 2.12. The molecule has 0 fully saturated rings. The smallest absolute Gasteiger partial charge is 0.312 e. The molecule has 0 bridgehead atoms. The van der Waals surface area contributed by atoms with E-state index in [9.17, 15) is 13.6 Å². The highest BCUT2D eigenvalue weighted by atomic mass is 19.2. The summed E-state index contributed by atoms with van der Waals surface area (Å²) in [6.07, 6.45) is 1.50. The predicted octanol–water partition coefficient (Wildman–Crippen LogP) is 1.75. The van der Waals surface area contributed by atoms with Gasteiger partial charge in [0.05, 0.1) is 5.69 Å². The van der Waals surface area contributed by atoms with Gasteiger partial charge in [-0.05, 0) is 19.1 Å². The minimum atomic E-state index is -0.972. The van der Waals surface area contributed by atoms with E-state index in [1.54, 1.807) is 6.92 Å². The molecule has 0 atom stereocenters. The van der Waals surface area contributed by atoms with Gasteiger partial charge in [0.15, 0.2) is 11.6 Å². The van der Waals surface area contributed by atoms with E-state index < -0.39 is 11.6 Å². The van der Waals surface area contributed by atoms with Crippen LogP contribution in [0.25, 0.3) is 5.69 Å². The van der Waals surface area contributed by atoms with Crippen LogP contribution in [0, 0.1) is 18.6 Å². The molecule has 0 unspecified atom stereocenters. The van der Waals surface area contributed by atoms with Crippen molar-refractivity contribution in [1.82, 2.24) is 9.55 Å². The molecule has 15 heavy (non-hydrogen) atoms. The van der Waals surface area contributed by atoms with Crippen molar-refractivity contribution in [3.05, 3.63) is 52.2 Å². The Kier molecular flexibility index (Phi) is 2.15. The fourth-order valence-corrected chi connectivity index (χ4v) is 1.40. The zero-order valence-electron chi connectivity index (χ0n) is 7.92. The Morgan fingerprint density at radius 3 is 2.53 bits per heavy atom. The standard InChI is InChI=1S/C10H8F2N2O/c1-6-5-13-10(15)14(6)7-2-3-8(11)9(12)4-7/h2-5H,1H3,(H,13,15). The van der Waals surface area contributed by atoms with E-state index in [1.807, 2.05) is 0 Å². The van der Waals surface area contributed by atoms with Crippen LogP contribution in [-0.2, 0) is 0 Å². The summed E-state index contributed by atoms with van der Waals surface area (Å²) < 4.78 is 26.9. The number of hydrogen-bond acceptors (Lipinski definition) is 1. The molecular weight excluding hydrogens is 202 g/mol. The second-order valence-corrected chi connectivity index (χ2v) is 3.17. The summed E-state index contributed by atoms with van der Waals surface area (Å²) in [5, 5.41) is 0. The lowest BCUT2D eigenvalue weighted by molar-refractivity contribution is 0.508. The summed E-state index contributed by atoms with van der Waals surface area (Å²) in [5.41, 5.74) is 0.558. The van der Waals surface area contributed by atoms with Crippen molar-refractivity contribution in [2.75, 3.05) is 0 Å². The van der Waals surface area contributed by atoms with Crippen molar-refractivity contribution in [3.8, 4) is 5.69 Å². The Morgan fingerprint density at radius 2 is 2.00 bits per heavy atom. The highest BCUT2D eigenvalue weighted by molar-refractivity contribution is 5.34. The minimum absolute atomic E-state index is 0.303. The average Bonchev–Trinajstić information content (AvgIpc) is 2.52. The highest BCUT2D eigenvalue weighted by Gasteiger charge is 2.08. The predicted molar refractivity (Wildman–Crippen MR) is 51.0 cm³/mol. The third-order valence-corrected chi connectivity index (χ3v) is 2.12. The van der Waals surface area contributed by atoms with Crippen molar-refractivity contribution < 1.29 is 8.78 Å². The van der Waals surface area contributed by atoms with Crippen LogP contribution in [0.15, 0.2) is 29.2 Å². The number of hydrogen-bond donors (Lipinski definition) is 1. The summed E-state index contributed by atoms with van der Waals surface area (Å²) in [6, 6.07) is 3.32. The van der Waals surface area contributed by atoms with Crippen LogP contribution in [0.2, 0.25) is 0 Å². The maximum absolute atomic E-state index is 12.9. The summed E-state index contributed by atoms with van der Waals surface area (Å²) in [6.45, 7) is 1.69. The van der Waals surface area contributed by atoms with Crippen LogP contribution >= 0.6 is 0 Å². The van der Waals surface area contributed by atoms with Crippen LogP contribution in [0.3, 0.4) is 0 Å². The molecule has 1 N–H and O–H groups in total. The molecule has 0 amide bonds. The summed E-state index contributed by atoms with van der Waals surface area (Å²) >= 11 is 0. The number of nitrogens with one attached hydrogen (secondary N) is 1. The third kappa shape index (κ3) is 1.56. The molecule has 0 saturated carbocycles. The van der Waals surface area contributed by atoms with Gasteiger partial charge in [0.25, 0.3) is 0 Å². The molecule has 2 rings (SSSR count). The van der Waals surface area contributed by atoms with E-state index in [-0.39, 0.29) is 5.69 Å². The van der Waals surface area contributed by atoms with Gasteiger partial charge in [0.2, 0.25) is 0 Å². The number of aromatic nitrogens is 2. The molecule has 5 heteroatoms. The first-order chi connectivity index (χ1) is 7.09. The number of imidazole rings is 1. The number of halogens is 2. The Labute approximate surface area is 84.0 Å². The third-order valence-electron chi connectivity index (χ3n) is 2.12. The van der Waals surface area contributed by atoms with Crippen molar-refractivity contribution >= 4 is 0 Å². The summed E-state index contributed by atoms with van der Waals surface area (Å²) in [4.78, 5) is 13.8. The first-order valence-corrected chi connectivity index (χ1v) is 4.32. The van der Waals surface area contributed by atoms with Crippen LogP contribution in [0.1, 0.15) is 5.69 Å². The normalized spacial score (nSPS) is 10.6. The number of rotatable bonds is 1. The second kappa shape index (κ2) is 3.34. The van der Waals surface area contributed by atoms with Gasteiger partial charge >= 0.3 is 5.69 Å². The molecule has 0 aliphatic heterocycles. The molecule has 0 aliphatic carbocycles. The van der Waals surface area contributed by atoms with Crippen LogP contribution in [0.5, 0.6) is 0 Å². The Balaban J connectivity index is 2.65. The Hall–Kier alpha value is -1.91. The number of aryl methyl sites for hydroxylation is 1. The van der Waals surface area contributed by atoms with Gasteiger partial charge in [-0.3, -0.25) is 4.57 Å². The average molecular weight is 210 g/mol. The minimum Gasteiger partial charge on any atom is -0.312 e. The first kappa shape index (κ1) is 9.64. The Bertz CT molecular complexity index is 557. The van der Waals surface area contributed by atoms with Gasteiger partial charge in [-0.1, -0.05) is 0 Å². The SMILES string of the molecule is Cc1c[nH]c(=O)n1-c1ccc(F)c(F)c1. The molecule has 0 aliphatic rings. The van der Waals surface area contributed by atoms with Crippen molar-refractivity contribution in [1.29, 1.82) is 0 Å². The number of aromatic amines is 1. The maximum atomic E-state index is 12.9. The zero-order valence-corrected chi connectivity index (χ0v) is 7.92. The number of nitrogens with zero attached hydrogens (tertiary/aromatic N) is 1. The molecule has 78 valence electrons. The summed E-state index contributed by atoms with van der Waals surface area (Å²) in [5.74, 6) is -1.90. The van der Waals surface area contributed by atoms with E-state index in [1.165, 1.54) is 16.8 Å². The maximum Gasteiger partial charge on any atom is 0.330 e. The zero-order chi connectivity index (χ0) is 11.0. The molecule has 0 radical (unpaired) electrons. The lowest BCUT2D eigenvalue weighted by Gasteiger charge is -2.03. The summed E-state index contributed by atoms with van der Waals surface area (Å²) in [7, 11) is 0. The molecule has 1 heterocycles. The number of H-pyrrole nitrogens is 1. The van der Waals surface area contributed by atoms with Crippen molar-refractivity contribution in [2.45, 2.75) is 6.92 Å². The topological polar surface area (TPSA) is 37.8 Å². The van der Waals surface area contributed by atoms with Crippen LogP contribution in [-0.4, -0.2) is 9.55 Å². The second-order valence-electron chi connectivity index (χ2n) is 3.17. The van der Waals surface area contributed by atoms with Gasteiger partial charge in [-0.15, -0.1) is 0 Å². The first-order valence-electron chi connectivity index (χ1n) is 4.32. The lowest BCUT2D eigenvalue weighted by atomic mass is 10.3. The van der Waals surface area contributed by atoms with Gasteiger partial charge < -0.3 is 4.98 Å². The molecule has 3 nitrogen and oxygen atoms in total. The quantitative estimate of drug-likeness (QED) is 0.765. The van der Waals surface area contributed by atoms with E-state index in [0.717, 1.165) is 12.1 Å². The molecule has 2 aromatic rings. The molecule has 0 saturated heterocycles. The van der Waals surface area contributed by atoms with Gasteiger partial charge in [-0.2, -0.15) is 0 Å². The van der Waals surface area contributed by atoms with Crippen molar-refractivity contribution in [3.63, 3.8) is 0 Å². The van der Waals surface area contributed by atoms with E-state index in [0.29, 0.717) is 11.4 Å². The molecule has 1 aromatic heterocycles. The monoisotopic (exact) mass is 210 g/mol. The molecule has 0 spiro atoms. The Morgan fingerprint density at radius 1 is 1.27 bits per heavy atom. The van der Waals surface area contributed by atoms with Crippen LogP contribution in [0.4, 0.5) is 8.78 Å². The molecule has 1 aromatic carbocycles. The van der Waals surface area contributed by atoms with E-state index >= 15 is 0 Å². The fraction of sp³-hybridized carbons (Fsp3) is 0.100. The lowest BCUT2D eigenvalue weighted by Crippen LogP contribution is -2.16. The number of benzene rings is 1. The largest absolute Gasteiger partial charge is 0.330 e. The van der Waals surface area contributed by atoms with Crippen LogP contribution < -0.4 is 5.69 Å². The van der Waals surface area contributed by atoms with Gasteiger partial charge in [0, 0.05) is 18.0 Å². The van der Waals surface area contributed by atoms with Gasteiger partial charge in [0.1, 0.15) is 0 Å². The molecular formula is C10H8F2N2O. The fourth-order valence-electron chi connectivity index (χ4n) is 1.40.